The van der Waals surface area contributed by atoms with E-state index in [-0.39, 0.29) is 5.56 Å². The lowest BCUT2D eigenvalue weighted by molar-refractivity contribution is 0.0984. The molecule has 0 bridgehead atoms. The molecule has 0 radical (unpaired) electrons. The van der Waals surface area contributed by atoms with E-state index in [0.29, 0.717) is 12.2 Å². The molecule has 0 aliphatic heterocycles. The van der Waals surface area contributed by atoms with Crippen LogP contribution in [0.15, 0.2) is 42.7 Å². The third kappa shape index (κ3) is 2.76. The number of hydrogen-bond acceptors (Lipinski definition) is 2. The molecular weight excluding hydrogens is 250 g/mol. The van der Waals surface area contributed by atoms with Crippen LogP contribution in [0.3, 0.4) is 0 Å². The van der Waals surface area contributed by atoms with Gasteiger partial charge in [0.1, 0.15) is 5.82 Å². The highest BCUT2D eigenvalue weighted by Crippen LogP contribution is 2.19. The molecule has 0 fully saturated rings. The molecule has 3 nitrogen and oxygen atoms in total. The summed E-state index contributed by atoms with van der Waals surface area (Å²) in [4.78, 5) is 17.1. The van der Waals surface area contributed by atoms with Gasteiger partial charge in [-0.15, -0.1) is 0 Å². The van der Waals surface area contributed by atoms with Crippen molar-refractivity contribution in [3.8, 4) is 0 Å². The Morgan fingerprint density at radius 2 is 2.11 bits per heavy atom. The molecule has 1 amide bonds. The smallest absolute Gasteiger partial charge is 0.261 e. The topological polar surface area (TPSA) is 33.2 Å². The minimum absolute atomic E-state index is 0.0823. The number of aromatic nitrogens is 1. The molecule has 98 valence electrons. The molecule has 2 rings (SSSR count). The van der Waals surface area contributed by atoms with E-state index in [4.69, 9.17) is 0 Å². The minimum Gasteiger partial charge on any atom is -0.308 e. The predicted octanol–water partition coefficient (Wildman–Crippen LogP) is 3.03. The van der Waals surface area contributed by atoms with Gasteiger partial charge in [0.2, 0.25) is 0 Å². The third-order valence-corrected chi connectivity index (χ3v) is 2.68. The number of pyridine rings is 1. The first kappa shape index (κ1) is 13.1. The van der Waals surface area contributed by atoms with E-state index in [2.05, 4.69) is 4.98 Å². The van der Waals surface area contributed by atoms with Crippen LogP contribution in [-0.2, 0) is 0 Å². The van der Waals surface area contributed by atoms with Crippen LogP contribution >= 0.6 is 0 Å². The number of anilines is 1. The zero-order chi connectivity index (χ0) is 13.8. The fourth-order valence-electron chi connectivity index (χ4n) is 1.78. The van der Waals surface area contributed by atoms with Crippen molar-refractivity contribution in [3.63, 3.8) is 0 Å². The lowest BCUT2D eigenvalue weighted by Crippen LogP contribution is -2.31. The van der Waals surface area contributed by atoms with Crippen LogP contribution in [0.2, 0.25) is 0 Å². The maximum Gasteiger partial charge on any atom is 0.261 e. The first-order chi connectivity index (χ1) is 9.13. The SMILES string of the molecule is CCN(C(=O)c1ccncc1F)c1cccc(F)c1. The van der Waals surface area contributed by atoms with Gasteiger partial charge in [0.25, 0.3) is 5.91 Å². The Kier molecular flexibility index (Phi) is 3.85. The van der Waals surface area contributed by atoms with Gasteiger partial charge in [-0.2, -0.15) is 0 Å². The first-order valence-electron chi connectivity index (χ1n) is 5.80. The molecule has 1 aromatic carbocycles. The van der Waals surface area contributed by atoms with Crippen LogP contribution in [0.25, 0.3) is 0 Å². The molecule has 19 heavy (non-hydrogen) atoms. The molecule has 0 aliphatic carbocycles. The second kappa shape index (κ2) is 5.56. The number of nitrogens with zero attached hydrogens (tertiary/aromatic N) is 2. The Morgan fingerprint density at radius 3 is 2.74 bits per heavy atom. The summed E-state index contributed by atoms with van der Waals surface area (Å²) in [5.41, 5.74) is 0.310. The number of carbonyl (C=O) groups is 1. The normalized spacial score (nSPS) is 10.3. The first-order valence-corrected chi connectivity index (χ1v) is 5.80. The van der Waals surface area contributed by atoms with Crippen molar-refractivity contribution in [2.24, 2.45) is 0 Å². The van der Waals surface area contributed by atoms with Crippen LogP contribution in [0, 0.1) is 11.6 Å². The van der Waals surface area contributed by atoms with E-state index < -0.39 is 17.5 Å². The summed E-state index contributed by atoms with van der Waals surface area (Å²) >= 11 is 0. The van der Waals surface area contributed by atoms with Crippen molar-refractivity contribution >= 4 is 11.6 Å². The van der Waals surface area contributed by atoms with Gasteiger partial charge >= 0.3 is 0 Å². The van der Waals surface area contributed by atoms with Crippen LogP contribution in [0.5, 0.6) is 0 Å². The number of hydrogen-bond donors (Lipinski definition) is 0. The predicted molar refractivity (Wildman–Crippen MR) is 67.9 cm³/mol. The quantitative estimate of drug-likeness (QED) is 0.851. The van der Waals surface area contributed by atoms with Crippen molar-refractivity contribution in [2.45, 2.75) is 6.92 Å². The monoisotopic (exact) mass is 262 g/mol. The van der Waals surface area contributed by atoms with Crippen molar-refractivity contribution in [1.82, 2.24) is 4.98 Å². The van der Waals surface area contributed by atoms with Crippen LogP contribution in [0.1, 0.15) is 17.3 Å². The second-order valence-corrected chi connectivity index (χ2v) is 3.88. The Hall–Kier alpha value is -2.30. The van der Waals surface area contributed by atoms with Gasteiger partial charge in [-0.25, -0.2) is 8.78 Å². The van der Waals surface area contributed by atoms with E-state index in [1.165, 1.54) is 35.4 Å². The average Bonchev–Trinajstić information content (AvgIpc) is 2.40. The Labute approximate surface area is 109 Å². The number of benzene rings is 1. The van der Waals surface area contributed by atoms with Crippen molar-refractivity contribution in [2.75, 3.05) is 11.4 Å². The van der Waals surface area contributed by atoms with E-state index in [1.807, 2.05) is 0 Å². The number of rotatable bonds is 3. The lowest BCUT2D eigenvalue weighted by Gasteiger charge is -2.21. The molecular formula is C14H12F2N2O. The highest BCUT2D eigenvalue weighted by molar-refractivity contribution is 6.06. The largest absolute Gasteiger partial charge is 0.308 e. The highest BCUT2D eigenvalue weighted by Gasteiger charge is 2.19. The lowest BCUT2D eigenvalue weighted by atomic mass is 10.2. The summed E-state index contributed by atoms with van der Waals surface area (Å²) in [5, 5.41) is 0. The van der Waals surface area contributed by atoms with Gasteiger partial charge in [-0.1, -0.05) is 6.07 Å². The van der Waals surface area contributed by atoms with E-state index in [0.717, 1.165) is 6.20 Å². The summed E-state index contributed by atoms with van der Waals surface area (Å²) in [6.07, 6.45) is 2.32. The van der Waals surface area contributed by atoms with E-state index >= 15 is 0 Å². The average molecular weight is 262 g/mol. The molecule has 0 saturated carbocycles. The zero-order valence-corrected chi connectivity index (χ0v) is 10.3. The molecule has 1 aromatic heterocycles. The van der Waals surface area contributed by atoms with Crippen LogP contribution in [0.4, 0.5) is 14.5 Å². The summed E-state index contributed by atoms with van der Waals surface area (Å²) in [5.74, 6) is -1.66. The molecule has 0 atom stereocenters. The van der Waals surface area contributed by atoms with Gasteiger partial charge in [-0.05, 0) is 31.2 Å². The fourth-order valence-corrected chi connectivity index (χ4v) is 1.78. The number of carbonyl (C=O) groups excluding carboxylic acids is 1. The van der Waals surface area contributed by atoms with E-state index in [9.17, 15) is 13.6 Å². The Bertz CT molecular complexity index is 602. The summed E-state index contributed by atoms with van der Waals surface area (Å²) in [7, 11) is 0. The Balaban J connectivity index is 2.38. The van der Waals surface area contributed by atoms with Crippen LogP contribution < -0.4 is 4.90 Å². The molecule has 2 aromatic rings. The van der Waals surface area contributed by atoms with Gasteiger partial charge in [0, 0.05) is 18.4 Å². The molecule has 1 heterocycles. The molecule has 0 unspecified atom stereocenters. The molecule has 0 N–H and O–H groups in total. The van der Waals surface area contributed by atoms with Gasteiger partial charge in [-0.3, -0.25) is 9.78 Å². The van der Waals surface area contributed by atoms with Crippen molar-refractivity contribution in [1.29, 1.82) is 0 Å². The zero-order valence-electron chi connectivity index (χ0n) is 10.3. The molecule has 0 aliphatic rings. The van der Waals surface area contributed by atoms with Gasteiger partial charge in [0.05, 0.1) is 11.8 Å². The van der Waals surface area contributed by atoms with E-state index in [1.54, 1.807) is 13.0 Å². The second-order valence-electron chi connectivity index (χ2n) is 3.88. The Morgan fingerprint density at radius 1 is 1.32 bits per heavy atom. The number of halogens is 2. The minimum atomic E-state index is -0.692. The summed E-state index contributed by atoms with van der Waals surface area (Å²) in [6, 6.07) is 6.93. The van der Waals surface area contributed by atoms with Crippen LogP contribution in [-0.4, -0.2) is 17.4 Å². The summed E-state index contributed by atoms with van der Waals surface area (Å²) < 4.78 is 26.7. The molecule has 5 heteroatoms. The van der Waals surface area contributed by atoms with Gasteiger partial charge < -0.3 is 4.90 Å². The maximum absolute atomic E-state index is 13.5. The third-order valence-electron chi connectivity index (χ3n) is 2.68. The highest BCUT2D eigenvalue weighted by atomic mass is 19.1. The van der Waals surface area contributed by atoms with Crippen molar-refractivity contribution in [3.05, 3.63) is 59.9 Å². The molecule has 0 spiro atoms. The maximum atomic E-state index is 13.5. The van der Waals surface area contributed by atoms with Crippen molar-refractivity contribution < 1.29 is 13.6 Å². The summed E-state index contributed by atoms with van der Waals surface area (Å²) in [6.45, 7) is 2.05. The fraction of sp³-hybridized carbons (Fsp3) is 0.143. The van der Waals surface area contributed by atoms with Gasteiger partial charge in [0.15, 0.2) is 5.82 Å². The molecule has 0 saturated heterocycles. The standard InChI is InChI=1S/C14H12F2N2O/c1-2-18(11-5-3-4-10(15)8-11)14(19)12-6-7-17-9-13(12)16/h3-9H,2H2,1H3. The number of amides is 1.